The molecule has 0 aromatic heterocycles. The molecule has 2 atom stereocenters. The molecular weight excluding hydrogens is 352 g/mol. The Kier molecular flexibility index (Phi) is 7.79. The second kappa shape index (κ2) is 8.89. The molecule has 0 saturated carbocycles. The van der Waals surface area contributed by atoms with Crippen molar-refractivity contribution in [1.29, 1.82) is 0 Å². The first kappa shape index (κ1) is 21.0. The van der Waals surface area contributed by atoms with Crippen molar-refractivity contribution < 1.29 is 17.9 Å². The highest BCUT2D eigenvalue weighted by Gasteiger charge is 2.32. The number of hydrogen-bond donors (Lipinski definition) is 1. The van der Waals surface area contributed by atoms with E-state index in [9.17, 15) is 8.42 Å². The van der Waals surface area contributed by atoms with Crippen LogP contribution in [0.2, 0.25) is 0 Å². The maximum atomic E-state index is 12.9. The number of nitrogens with zero attached hydrogens (tertiary/aromatic N) is 1. The number of rotatable bonds is 6. The van der Waals surface area contributed by atoms with Gasteiger partial charge in [0.25, 0.3) is 0 Å². The Morgan fingerprint density at radius 2 is 1.83 bits per heavy atom. The van der Waals surface area contributed by atoms with Crippen molar-refractivity contribution in [3.63, 3.8) is 0 Å². The van der Waals surface area contributed by atoms with Gasteiger partial charge in [-0.3, -0.25) is 0 Å². The normalized spacial score (nSPS) is 21.8. The summed E-state index contributed by atoms with van der Waals surface area (Å²) in [6, 6.07) is 4.83. The molecule has 0 bridgehead atoms. The van der Waals surface area contributed by atoms with Gasteiger partial charge < -0.3 is 15.2 Å². The molecule has 2 N–H and O–H groups in total. The predicted octanol–water partition coefficient (Wildman–Crippen LogP) is 2.26. The van der Waals surface area contributed by atoms with Gasteiger partial charge in [-0.1, -0.05) is 6.92 Å². The molecule has 1 aliphatic rings. The average molecular weight is 379 g/mol. The zero-order valence-electron chi connectivity index (χ0n) is 14.4. The van der Waals surface area contributed by atoms with E-state index < -0.39 is 10.0 Å². The van der Waals surface area contributed by atoms with E-state index >= 15 is 0 Å². The number of halogens is 1. The fourth-order valence-electron chi connectivity index (χ4n) is 2.68. The van der Waals surface area contributed by atoms with Crippen LogP contribution in [0.3, 0.4) is 0 Å². The van der Waals surface area contributed by atoms with Crippen molar-refractivity contribution >= 4 is 22.4 Å². The van der Waals surface area contributed by atoms with Gasteiger partial charge in [0.2, 0.25) is 10.0 Å². The summed E-state index contributed by atoms with van der Waals surface area (Å²) in [4.78, 5) is 0.229. The van der Waals surface area contributed by atoms with E-state index in [2.05, 4.69) is 0 Å². The van der Waals surface area contributed by atoms with Crippen molar-refractivity contribution in [1.82, 2.24) is 4.31 Å². The van der Waals surface area contributed by atoms with Crippen molar-refractivity contribution in [2.45, 2.75) is 38.1 Å². The van der Waals surface area contributed by atoms with Gasteiger partial charge in [0.1, 0.15) is 0 Å². The van der Waals surface area contributed by atoms with E-state index in [1.54, 1.807) is 18.2 Å². The minimum absolute atomic E-state index is 0. The first-order chi connectivity index (χ1) is 10.9. The smallest absolute Gasteiger partial charge is 0.243 e. The Morgan fingerprint density at radius 1 is 1.21 bits per heavy atom. The van der Waals surface area contributed by atoms with Crippen LogP contribution in [0.25, 0.3) is 0 Å². The van der Waals surface area contributed by atoms with E-state index in [1.165, 1.54) is 4.31 Å². The summed E-state index contributed by atoms with van der Waals surface area (Å²) in [6.07, 6.45) is 0.676. The Labute approximate surface area is 150 Å². The third-order valence-corrected chi connectivity index (χ3v) is 5.95. The number of benzene rings is 1. The molecule has 0 radical (unpaired) electrons. The van der Waals surface area contributed by atoms with Crippen LogP contribution < -0.4 is 15.2 Å². The SMILES string of the molecule is CCOc1ccc(S(=O)(=O)N2CCC(N)C(C)C2)cc1OCC.Cl. The summed E-state index contributed by atoms with van der Waals surface area (Å²) in [5, 5.41) is 0. The first-order valence-corrected chi connectivity index (χ1v) is 9.49. The van der Waals surface area contributed by atoms with Crippen LogP contribution in [0.4, 0.5) is 0 Å². The van der Waals surface area contributed by atoms with Gasteiger partial charge in [-0.2, -0.15) is 4.31 Å². The zero-order chi connectivity index (χ0) is 17.0. The minimum atomic E-state index is -3.55. The minimum Gasteiger partial charge on any atom is -0.490 e. The molecule has 2 rings (SSSR count). The molecule has 1 saturated heterocycles. The van der Waals surface area contributed by atoms with Crippen LogP contribution in [0.5, 0.6) is 11.5 Å². The number of piperidine rings is 1. The Hall–Kier alpha value is -1.02. The number of ether oxygens (including phenoxy) is 2. The van der Waals surface area contributed by atoms with Gasteiger partial charge in [0, 0.05) is 25.2 Å². The van der Waals surface area contributed by atoms with Crippen LogP contribution in [-0.2, 0) is 10.0 Å². The molecule has 1 aliphatic heterocycles. The first-order valence-electron chi connectivity index (χ1n) is 8.05. The standard InChI is InChI=1S/C16H26N2O4S.ClH/c1-4-21-15-7-6-13(10-16(15)22-5-2)23(19,20)18-9-8-14(17)12(3)11-18;/h6-7,10,12,14H,4-5,8-9,11,17H2,1-3H3;1H. The molecule has 2 unspecified atom stereocenters. The lowest BCUT2D eigenvalue weighted by Crippen LogP contribution is -2.48. The topological polar surface area (TPSA) is 81.9 Å². The van der Waals surface area contributed by atoms with E-state index in [1.807, 2.05) is 20.8 Å². The maximum Gasteiger partial charge on any atom is 0.243 e. The number of hydrogen-bond acceptors (Lipinski definition) is 5. The van der Waals surface area contributed by atoms with Gasteiger partial charge in [-0.25, -0.2) is 8.42 Å². The van der Waals surface area contributed by atoms with Gasteiger partial charge in [-0.05, 0) is 38.3 Å². The second-order valence-corrected chi connectivity index (χ2v) is 7.71. The average Bonchev–Trinajstić information content (AvgIpc) is 2.52. The predicted molar refractivity (Wildman–Crippen MR) is 96.5 cm³/mol. The summed E-state index contributed by atoms with van der Waals surface area (Å²) in [5.74, 6) is 1.16. The largest absolute Gasteiger partial charge is 0.490 e. The van der Waals surface area contributed by atoms with E-state index in [0.29, 0.717) is 44.2 Å². The van der Waals surface area contributed by atoms with Crippen molar-refractivity contribution in [2.24, 2.45) is 11.7 Å². The van der Waals surface area contributed by atoms with Gasteiger partial charge in [0.15, 0.2) is 11.5 Å². The number of nitrogens with two attached hydrogens (primary N) is 1. The van der Waals surface area contributed by atoms with Crippen LogP contribution in [-0.4, -0.2) is 45.1 Å². The zero-order valence-corrected chi connectivity index (χ0v) is 16.0. The Morgan fingerprint density at radius 3 is 2.42 bits per heavy atom. The molecule has 1 fully saturated rings. The molecule has 24 heavy (non-hydrogen) atoms. The van der Waals surface area contributed by atoms with Crippen LogP contribution in [0.1, 0.15) is 27.2 Å². The van der Waals surface area contributed by atoms with E-state index in [-0.39, 0.29) is 29.3 Å². The number of sulfonamides is 1. The molecule has 0 amide bonds. The van der Waals surface area contributed by atoms with E-state index in [4.69, 9.17) is 15.2 Å². The molecule has 8 heteroatoms. The van der Waals surface area contributed by atoms with E-state index in [0.717, 1.165) is 0 Å². The van der Waals surface area contributed by atoms with Crippen LogP contribution in [0, 0.1) is 5.92 Å². The van der Waals surface area contributed by atoms with Crippen LogP contribution >= 0.6 is 12.4 Å². The monoisotopic (exact) mass is 378 g/mol. The Balaban J connectivity index is 0.00000288. The van der Waals surface area contributed by atoms with Crippen molar-refractivity contribution in [3.8, 4) is 11.5 Å². The molecule has 6 nitrogen and oxygen atoms in total. The maximum absolute atomic E-state index is 12.9. The molecule has 1 aromatic rings. The fourth-order valence-corrected chi connectivity index (χ4v) is 4.26. The third-order valence-electron chi connectivity index (χ3n) is 4.09. The lowest BCUT2D eigenvalue weighted by Gasteiger charge is -2.34. The summed E-state index contributed by atoms with van der Waals surface area (Å²) < 4.78 is 38.2. The summed E-state index contributed by atoms with van der Waals surface area (Å²) in [5.41, 5.74) is 5.98. The highest BCUT2D eigenvalue weighted by atomic mass is 35.5. The molecule has 1 aromatic carbocycles. The van der Waals surface area contributed by atoms with Crippen molar-refractivity contribution in [3.05, 3.63) is 18.2 Å². The lowest BCUT2D eigenvalue weighted by molar-refractivity contribution is 0.250. The molecule has 1 heterocycles. The summed E-state index contributed by atoms with van der Waals surface area (Å²) in [6.45, 7) is 7.54. The summed E-state index contributed by atoms with van der Waals surface area (Å²) in [7, 11) is -3.55. The highest BCUT2D eigenvalue weighted by Crippen LogP contribution is 2.32. The van der Waals surface area contributed by atoms with Gasteiger partial charge >= 0.3 is 0 Å². The van der Waals surface area contributed by atoms with Crippen molar-refractivity contribution in [2.75, 3.05) is 26.3 Å². The van der Waals surface area contributed by atoms with Gasteiger partial charge in [-0.15, -0.1) is 12.4 Å². The third kappa shape index (κ3) is 4.53. The van der Waals surface area contributed by atoms with Gasteiger partial charge in [0.05, 0.1) is 18.1 Å². The Bertz CT molecular complexity index is 639. The molecule has 0 aliphatic carbocycles. The highest BCUT2D eigenvalue weighted by molar-refractivity contribution is 7.89. The molecule has 0 spiro atoms. The fraction of sp³-hybridized carbons (Fsp3) is 0.625. The quantitative estimate of drug-likeness (QED) is 0.821. The van der Waals surface area contributed by atoms with Crippen LogP contribution in [0.15, 0.2) is 23.1 Å². The molecular formula is C16H27ClN2O4S. The molecule has 138 valence electrons. The second-order valence-electron chi connectivity index (χ2n) is 5.77. The lowest BCUT2D eigenvalue weighted by atomic mass is 9.96. The summed E-state index contributed by atoms with van der Waals surface area (Å²) >= 11 is 0.